The lowest BCUT2D eigenvalue weighted by atomic mass is 10.1. The summed E-state index contributed by atoms with van der Waals surface area (Å²) in [6.07, 6.45) is 4.26. The fraction of sp³-hybridized carbons (Fsp3) is 0.286. The van der Waals surface area contributed by atoms with Crippen LogP contribution in [-0.2, 0) is 4.79 Å². The van der Waals surface area contributed by atoms with Gasteiger partial charge in [-0.15, -0.1) is 0 Å². The molecule has 2 rings (SSSR count). The number of aliphatic imine (C=N–C) groups is 1. The number of benzene rings is 1. The lowest BCUT2D eigenvalue weighted by molar-refractivity contribution is -0.121. The smallest absolute Gasteiger partial charge is 0.248 e. The Bertz CT molecular complexity index is 525. The maximum atomic E-state index is 11.9. The number of hydrogen-bond acceptors (Lipinski definition) is 3. The van der Waals surface area contributed by atoms with Crippen LogP contribution in [-0.4, -0.2) is 24.8 Å². The minimum atomic E-state index is -0.484. The van der Waals surface area contributed by atoms with Crippen LogP contribution in [0.25, 0.3) is 5.70 Å². The highest BCUT2D eigenvalue weighted by atomic mass is 35.5. The average Bonchev–Trinajstić information content (AvgIpc) is 2.45. The van der Waals surface area contributed by atoms with Crippen LogP contribution in [0, 0.1) is 0 Å². The van der Waals surface area contributed by atoms with Crippen molar-refractivity contribution in [3.8, 4) is 0 Å². The van der Waals surface area contributed by atoms with Gasteiger partial charge < -0.3 is 10.6 Å². The van der Waals surface area contributed by atoms with Gasteiger partial charge in [0.1, 0.15) is 0 Å². The normalized spacial score (nSPS) is 17.6. The molecule has 0 saturated carbocycles. The number of hydrogen-bond donors (Lipinski definition) is 2. The predicted octanol–water partition coefficient (Wildman–Crippen LogP) is 2.21. The Balaban J connectivity index is 2.14. The quantitative estimate of drug-likeness (QED) is 0.887. The van der Waals surface area contributed by atoms with Crippen LogP contribution < -0.4 is 10.6 Å². The third kappa shape index (κ3) is 3.58. The van der Waals surface area contributed by atoms with E-state index < -0.39 is 6.04 Å². The van der Waals surface area contributed by atoms with Crippen LogP contribution in [0.15, 0.2) is 35.3 Å². The summed E-state index contributed by atoms with van der Waals surface area (Å²) in [5.74, 6) is -0.0841. The molecule has 1 aliphatic heterocycles. The number of carbonyl (C=O) groups excluding carboxylic acids is 1. The summed E-state index contributed by atoms with van der Waals surface area (Å²) < 4.78 is 0. The minimum absolute atomic E-state index is 0.0841. The van der Waals surface area contributed by atoms with Gasteiger partial charge in [-0.1, -0.05) is 30.7 Å². The summed E-state index contributed by atoms with van der Waals surface area (Å²) in [6.45, 7) is 2.68. The van der Waals surface area contributed by atoms with Crippen molar-refractivity contribution in [3.63, 3.8) is 0 Å². The maximum absolute atomic E-state index is 11.9. The molecule has 2 N–H and O–H groups in total. The van der Waals surface area contributed by atoms with Gasteiger partial charge in [-0.3, -0.25) is 9.79 Å². The fourth-order valence-electron chi connectivity index (χ4n) is 1.77. The van der Waals surface area contributed by atoms with Crippen molar-refractivity contribution in [2.45, 2.75) is 19.4 Å². The van der Waals surface area contributed by atoms with Gasteiger partial charge in [0.15, 0.2) is 6.04 Å². The van der Waals surface area contributed by atoms with Gasteiger partial charge in [-0.05, 0) is 30.2 Å². The van der Waals surface area contributed by atoms with Crippen molar-refractivity contribution < 1.29 is 4.79 Å². The van der Waals surface area contributed by atoms with Crippen molar-refractivity contribution in [1.82, 2.24) is 10.6 Å². The molecule has 0 saturated heterocycles. The Morgan fingerprint density at radius 2 is 2.37 bits per heavy atom. The van der Waals surface area contributed by atoms with E-state index in [-0.39, 0.29) is 5.91 Å². The molecule has 1 amide bonds. The Morgan fingerprint density at radius 1 is 1.53 bits per heavy atom. The van der Waals surface area contributed by atoms with Crippen molar-refractivity contribution in [2.75, 3.05) is 6.54 Å². The SMILES string of the molecule is CCCNC(=O)C1C=C(c2cccc(Cl)c2)NC=N1. The molecular weight excluding hydrogens is 262 g/mol. The first-order valence-electron chi connectivity index (χ1n) is 6.24. The van der Waals surface area contributed by atoms with Gasteiger partial charge >= 0.3 is 0 Å². The van der Waals surface area contributed by atoms with Gasteiger partial charge in [-0.2, -0.15) is 0 Å². The summed E-state index contributed by atoms with van der Waals surface area (Å²) in [5.41, 5.74) is 1.78. The highest BCUT2D eigenvalue weighted by molar-refractivity contribution is 6.30. The van der Waals surface area contributed by atoms with Gasteiger partial charge in [0, 0.05) is 17.3 Å². The van der Waals surface area contributed by atoms with E-state index >= 15 is 0 Å². The van der Waals surface area contributed by atoms with Gasteiger partial charge in [0.25, 0.3) is 0 Å². The molecule has 0 radical (unpaired) electrons. The molecule has 1 aromatic rings. The predicted molar refractivity (Wildman–Crippen MR) is 78.1 cm³/mol. The van der Waals surface area contributed by atoms with Crippen LogP contribution in [0.2, 0.25) is 5.02 Å². The third-order valence-electron chi connectivity index (χ3n) is 2.73. The van der Waals surface area contributed by atoms with Crippen molar-refractivity contribution in [3.05, 3.63) is 40.9 Å². The minimum Gasteiger partial charge on any atom is -0.354 e. The van der Waals surface area contributed by atoms with Crippen LogP contribution in [0.5, 0.6) is 0 Å². The number of nitrogens with one attached hydrogen (secondary N) is 2. The van der Waals surface area contributed by atoms with Gasteiger partial charge in [-0.25, -0.2) is 0 Å². The topological polar surface area (TPSA) is 53.5 Å². The second kappa shape index (κ2) is 6.38. The summed E-state index contributed by atoms with van der Waals surface area (Å²) in [4.78, 5) is 16.0. The molecule has 0 fully saturated rings. The molecule has 0 aromatic heterocycles. The van der Waals surface area contributed by atoms with E-state index in [1.54, 1.807) is 12.4 Å². The van der Waals surface area contributed by atoms with Gasteiger partial charge in [0.05, 0.1) is 6.34 Å². The van der Waals surface area contributed by atoms with Crippen molar-refractivity contribution in [1.29, 1.82) is 0 Å². The second-order valence-corrected chi connectivity index (χ2v) is 4.69. The molecule has 100 valence electrons. The molecule has 4 nitrogen and oxygen atoms in total. The fourth-order valence-corrected chi connectivity index (χ4v) is 1.96. The molecule has 1 atom stereocenters. The summed E-state index contributed by atoms with van der Waals surface area (Å²) >= 11 is 5.96. The highest BCUT2D eigenvalue weighted by Gasteiger charge is 2.18. The number of carbonyl (C=O) groups is 1. The number of nitrogens with zero attached hydrogens (tertiary/aromatic N) is 1. The zero-order valence-electron chi connectivity index (χ0n) is 10.7. The Morgan fingerprint density at radius 3 is 3.11 bits per heavy atom. The van der Waals surface area contributed by atoms with E-state index in [9.17, 15) is 4.79 Å². The van der Waals surface area contributed by atoms with Crippen LogP contribution >= 0.6 is 11.6 Å². The first kappa shape index (κ1) is 13.6. The van der Waals surface area contributed by atoms with E-state index in [0.717, 1.165) is 17.7 Å². The molecule has 0 spiro atoms. The largest absolute Gasteiger partial charge is 0.354 e. The van der Waals surface area contributed by atoms with Crippen molar-refractivity contribution >= 4 is 29.5 Å². The summed E-state index contributed by atoms with van der Waals surface area (Å²) in [6, 6.07) is 6.99. The maximum Gasteiger partial charge on any atom is 0.248 e. The van der Waals surface area contributed by atoms with Crippen molar-refractivity contribution in [2.24, 2.45) is 4.99 Å². The molecule has 1 aromatic carbocycles. The van der Waals surface area contributed by atoms with E-state index in [1.165, 1.54) is 0 Å². The van der Waals surface area contributed by atoms with E-state index in [4.69, 9.17) is 11.6 Å². The number of halogens is 1. The lowest BCUT2D eigenvalue weighted by Gasteiger charge is -2.17. The second-order valence-electron chi connectivity index (χ2n) is 4.25. The van der Waals surface area contributed by atoms with Gasteiger partial charge in [0.2, 0.25) is 5.91 Å². The third-order valence-corrected chi connectivity index (χ3v) is 2.97. The molecule has 1 aliphatic rings. The lowest BCUT2D eigenvalue weighted by Crippen LogP contribution is -2.35. The van der Waals surface area contributed by atoms with E-state index in [2.05, 4.69) is 15.6 Å². The summed E-state index contributed by atoms with van der Waals surface area (Å²) in [7, 11) is 0. The monoisotopic (exact) mass is 277 g/mol. The first-order valence-corrected chi connectivity index (χ1v) is 6.62. The first-order chi connectivity index (χ1) is 9.20. The van der Waals surface area contributed by atoms with E-state index in [1.807, 2.05) is 31.2 Å². The Kier molecular flexibility index (Phi) is 4.58. The molecule has 0 bridgehead atoms. The molecular formula is C14H16ClN3O. The zero-order chi connectivity index (χ0) is 13.7. The molecule has 1 unspecified atom stereocenters. The Labute approximate surface area is 117 Å². The van der Waals surface area contributed by atoms with Crippen LogP contribution in [0.1, 0.15) is 18.9 Å². The van der Waals surface area contributed by atoms with Crippen LogP contribution in [0.4, 0.5) is 0 Å². The average molecular weight is 278 g/mol. The number of rotatable bonds is 4. The standard InChI is InChI=1S/C14H16ClN3O/c1-2-6-16-14(19)13-8-12(17-9-18-13)10-4-3-5-11(15)7-10/h3-5,7-9,13H,2,6H2,1H3,(H,16,19)(H,17,18). The molecule has 19 heavy (non-hydrogen) atoms. The molecule has 1 heterocycles. The van der Waals surface area contributed by atoms with Crippen LogP contribution in [0.3, 0.4) is 0 Å². The zero-order valence-corrected chi connectivity index (χ0v) is 11.4. The molecule has 0 aliphatic carbocycles. The number of amides is 1. The Hall–Kier alpha value is -1.81. The molecule has 5 heteroatoms. The highest BCUT2D eigenvalue weighted by Crippen LogP contribution is 2.19. The summed E-state index contributed by atoms with van der Waals surface area (Å²) in [5, 5.41) is 6.53. The van der Waals surface area contributed by atoms with E-state index in [0.29, 0.717) is 11.6 Å².